The smallest absolute Gasteiger partial charge is 0.336 e. The standard InChI is InChI=1S/C15H14N4O2S/c20-15(21)12-9-22-13-8-18(4-2-11(12)13)6-10-5-16-14-1-3-17-19(14)7-10/h1,3,5,7,9H,2,4,6,8H2,(H,20,21). The molecule has 0 aliphatic carbocycles. The van der Waals surface area contributed by atoms with Crippen molar-refractivity contribution in [1.29, 1.82) is 0 Å². The van der Waals surface area contributed by atoms with Gasteiger partial charge in [-0.3, -0.25) is 4.90 Å². The molecule has 6 nitrogen and oxygen atoms in total. The van der Waals surface area contributed by atoms with Crippen molar-refractivity contribution in [2.75, 3.05) is 6.54 Å². The summed E-state index contributed by atoms with van der Waals surface area (Å²) in [4.78, 5) is 19.0. The Labute approximate surface area is 130 Å². The summed E-state index contributed by atoms with van der Waals surface area (Å²) in [5.41, 5.74) is 3.43. The fourth-order valence-electron chi connectivity index (χ4n) is 2.88. The monoisotopic (exact) mass is 314 g/mol. The molecule has 0 bridgehead atoms. The predicted octanol–water partition coefficient (Wildman–Crippen LogP) is 2.05. The lowest BCUT2D eigenvalue weighted by atomic mass is 10.0. The summed E-state index contributed by atoms with van der Waals surface area (Å²) in [7, 11) is 0. The zero-order valence-electron chi connectivity index (χ0n) is 11.8. The molecule has 1 N–H and O–H groups in total. The SMILES string of the molecule is O=C(O)c1csc2c1CCN(Cc1cnc3ccnn3c1)C2. The molecular formula is C15H14N4O2S. The van der Waals surface area contributed by atoms with Crippen LogP contribution < -0.4 is 0 Å². The number of carboxylic acids is 1. The molecule has 3 aromatic rings. The quantitative estimate of drug-likeness (QED) is 0.801. The lowest BCUT2D eigenvalue weighted by molar-refractivity contribution is 0.0695. The normalized spacial score (nSPS) is 15.1. The third kappa shape index (κ3) is 2.28. The Morgan fingerprint density at radius 2 is 2.36 bits per heavy atom. The van der Waals surface area contributed by atoms with Crippen molar-refractivity contribution >= 4 is 23.0 Å². The summed E-state index contributed by atoms with van der Waals surface area (Å²) in [6, 6.07) is 1.87. The Morgan fingerprint density at radius 3 is 3.23 bits per heavy atom. The fraction of sp³-hybridized carbons (Fsp3) is 0.267. The van der Waals surface area contributed by atoms with Gasteiger partial charge in [0.25, 0.3) is 0 Å². The molecule has 112 valence electrons. The topological polar surface area (TPSA) is 70.7 Å². The van der Waals surface area contributed by atoms with E-state index in [1.807, 2.05) is 18.5 Å². The van der Waals surface area contributed by atoms with E-state index in [-0.39, 0.29) is 0 Å². The predicted molar refractivity (Wildman–Crippen MR) is 82.1 cm³/mol. The van der Waals surface area contributed by atoms with Crippen molar-refractivity contribution in [2.45, 2.75) is 19.5 Å². The van der Waals surface area contributed by atoms with Gasteiger partial charge in [0.05, 0.1) is 11.8 Å². The molecule has 3 aromatic heterocycles. The van der Waals surface area contributed by atoms with Crippen LogP contribution in [0.4, 0.5) is 0 Å². The lowest BCUT2D eigenvalue weighted by Crippen LogP contribution is -2.30. The molecule has 7 heteroatoms. The van der Waals surface area contributed by atoms with Crippen molar-refractivity contribution in [2.24, 2.45) is 0 Å². The van der Waals surface area contributed by atoms with E-state index in [2.05, 4.69) is 15.0 Å². The highest BCUT2D eigenvalue weighted by Gasteiger charge is 2.23. The van der Waals surface area contributed by atoms with Gasteiger partial charge < -0.3 is 5.11 Å². The third-order valence-corrected chi connectivity index (χ3v) is 4.98. The number of rotatable bonds is 3. The average molecular weight is 314 g/mol. The molecule has 0 aromatic carbocycles. The number of hydrogen-bond acceptors (Lipinski definition) is 5. The van der Waals surface area contributed by atoms with Gasteiger partial charge in [0.2, 0.25) is 0 Å². The summed E-state index contributed by atoms with van der Waals surface area (Å²) in [5.74, 6) is -0.820. The molecule has 4 heterocycles. The van der Waals surface area contributed by atoms with Crippen LogP contribution in [0, 0.1) is 0 Å². The Balaban J connectivity index is 1.53. The maximum absolute atomic E-state index is 11.2. The maximum Gasteiger partial charge on any atom is 0.336 e. The molecule has 0 saturated heterocycles. The van der Waals surface area contributed by atoms with E-state index in [1.54, 1.807) is 27.4 Å². The maximum atomic E-state index is 11.2. The molecule has 0 spiro atoms. The van der Waals surface area contributed by atoms with E-state index in [0.717, 1.165) is 47.7 Å². The summed E-state index contributed by atoms with van der Waals surface area (Å²) in [6.45, 7) is 2.45. The van der Waals surface area contributed by atoms with Gasteiger partial charge >= 0.3 is 5.97 Å². The van der Waals surface area contributed by atoms with Crippen LogP contribution in [0.5, 0.6) is 0 Å². The van der Waals surface area contributed by atoms with Gasteiger partial charge in [0, 0.05) is 53.9 Å². The molecule has 1 aliphatic heterocycles. The molecule has 0 fully saturated rings. The zero-order chi connectivity index (χ0) is 15.1. The Bertz CT molecular complexity index is 854. The van der Waals surface area contributed by atoms with E-state index in [9.17, 15) is 9.90 Å². The largest absolute Gasteiger partial charge is 0.478 e. The number of fused-ring (bicyclic) bond motifs is 2. The van der Waals surface area contributed by atoms with E-state index in [1.165, 1.54) is 0 Å². The second kappa shape index (κ2) is 5.19. The van der Waals surface area contributed by atoms with Crippen LogP contribution in [-0.4, -0.2) is 37.1 Å². The highest BCUT2D eigenvalue weighted by atomic mass is 32.1. The van der Waals surface area contributed by atoms with Gasteiger partial charge in [0.15, 0.2) is 5.65 Å². The second-order valence-corrected chi connectivity index (χ2v) is 6.38. The number of thiophene rings is 1. The molecule has 4 rings (SSSR count). The highest BCUT2D eigenvalue weighted by Crippen LogP contribution is 2.29. The van der Waals surface area contributed by atoms with Crippen LogP contribution in [0.3, 0.4) is 0 Å². The van der Waals surface area contributed by atoms with Crippen LogP contribution >= 0.6 is 11.3 Å². The summed E-state index contributed by atoms with van der Waals surface area (Å²) < 4.78 is 1.78. The zero-order valence-corrected chi connectivity index (χ0v) is 12.6. The number of carbonyl (C=O) groups is 1. The molecular weight excluding hydrogens is 300 g/mol. The first-order chi connectivity index (χ1) is 10.7. The average Bonchev–Trinajstić information content (AvgIpc) is 3.12. The first-order valence-corrected chi connectivity index (χ1v) is 7.92. The molecule has 0 amide bonds. The van der Waals surface area contributed by atoms with Crippen molar-refractivity contribution in [1.82, 2.24) is 19.5 Å². The molecule has 0 atom stereocenters. The Hall–Kier alpha value is -2.25. The van der Waals surface area contributed by atoms with Crippen LogP contribution in [0.1, 0.15) is 26.4 Å². The van der Waals surface area contributed by atoms with Gasteiger partial charge in [-0.25, -0.2) is 14.3 Å². The fourth-order valence-corrected chi connectivity index (χ4v) is 4.00. The van der Waals surface area contributed by atoms with E-state index in [4.69, 9.17) is 0 Å². The Morgan fingerprint density at radius 1 is 1.45 bits per heavy atom. The van der Waals surface area contributed by atoms with Gasteiger partial charge in [0.1, 0.15) is 0 Å². The van der Waals surface area contributed by atoms with Crippen molar-refractivity contribution < 1.29 is 9.90 Å². The molecule has 1 aliphatic rings. The molecule has 0 saturated carbocycles. The van der Waals surface area contributed by atoms with Crippen LogP contribution in [0.15, 0.2) is 30.0 Å². The third-order valence-electron chi connectivity index (χ3n) is 3.96. The first-order valence-electron chi connectivity index (χ1n) is 7.04. The molecule has 0 radical (unpaired) electrons. The van der Waals surface area contributed by atoms with E-state index >= 15 is 0 Å². The lowest BCUT2D eigenvalue weighted by Gasteiger charge is -2.26. The van der Waals surface area contributed by atoms with Crippen molar-refractivity contribution in [3.63, 3.8) is 0 Å². The van der Waals surface area contributed by atoms with E-state index < -0.39 is 5.97 Å². The molecule has 0 unspecified atom stereocenters. The first kappa shape index (κ1) is 13.4. The number of aromatic carboxylic acids is 1. The summed E-state index contributed by atoms with van der Waals surface area (Å²) >= 11 is 1.54. The van der Waals surface area contributed by atoms with Gasteiger partial charge in [-0.2, -0.15) is 5.10 Å². The number of nitrogens with zero attached hydrogens (tertiary/aromatic N) is 4. The number of hydrogen-bond donors (Lipinski definition) is 1. The Kier molecular flexibility index (Phi) is 3.16. The van der Waals surface area contributed by atoms with Gasteiger partial charge in [-0.1, -0.05) is 0 Å². The minimum Gasteiger partial charge on any atom is -0.478 e. The van der Waals surface area contributed by atoms with E-state index in [0.29, 0.717) is 5.56 Å². The van der Waals surface area contributed by atoms with Crippen LogP contribution in [0.25, 0.3) is 5.65 Å². The van der Waals surface area contributed by atoms with Crippen LogP contribution in [0.2, 0.25) is 0 Å². The van der Waals surface area contributed by atoms with Gasteiger partial charge in [-0.05, 0) is 12.0 Å². The number of carboxylic acid groups (broad SMARTS) is 1. The van der Waals surface area contributed by atoms with Gasteiger partial charge in [-0.15, -0.1) is 11.3 Å². The van der Waals surface area contributed by atoms with Crippen molar-refractivity contribution in [3.8, 4) is 0 Å². The van der Waals surface area contributed by atoms with Crippen molar-refractivity contribution in [3.05, 3.63) is 51.6 Å². The van der Waals surface area contributed by atoms with Crippen LogP contribution in [-0.2, 0) is 19.5 Å². The molecule has 22 heavy (non-hydrogen) atoms. The second-order valence-electron chi connectivity index (χ2n) is 5.41. The summed E-state index contributed by atoms with van der Waals surface area (Å²) in [5, 5.41) is 15.1. The minimum absolute atomic E-state index is 0.472. The summed E-state index contributed by atoms with van der Waals surface area (Å²) in [6.07, 6.45) is 6.40. The highest BCUT2D eigenvalue weighted by molar-refractivity contribution is 7.10. The number of aromatic nitrogens is 3. The minimum atomic E-state index is -0.820.